The number of carbonyl (C=O) groups excluding carboxylic acids is 1. The molecule has 4 rings (SSSR count). The van der Waals surface area contributed by atoms with E-state index in [9.17, 15) is 27.6 Å². The Morgan fingerprint density at radius 1 is 1.27 bits per heavy atom. The number of pyridine rings is 1. The van der Waals surface area contributed by atoms with Gasteiger partial charge in [0.25, 0.3) is 5.91 Å². The molecule has 12 heteroatoms. The van der Waals surface area contributed by atoms with Crippen LogP contribution in [0.25, 0.3) is 0 Å². The summed E-state index contributed by atoms with van der Waals surface area (Å²) >= 11 is 0. The first-order valence-electron chi connectivity index (χ1n) is 10.5. The zero-order chi connectivity index (χ0) is 23.9. The van der Waals surface area contributed by atoms with E-state index in [1.807, 2.05) is 0 Å². The minimum Gasteiger partial charge on any atom is -0.365 e. The summed E-state index contributed by atoms with van der Waals surface area (Å²) in [5.41, 5.74) is 3.44. The van der Waals surface area contributed by atoms with Gasteiger partial charge in [-0.15, -0.1) is 0 Å². The van der Waals surface area contributed by atoms with Crippen LogP contribution in [0.2, 0.25) is 0 Å². The van der Waals surface area contributed by atoms with Gasteiger partial charge in [-0.3, -0.25) is 9.48 Å². The molecule has 1 saturated carbocycles. The first-order chi connectivity index (χ1) is 15.6. The van der Waals surface area contributed by atoms with Crippen molar-refractivity contribution >= 4 is 17.4 Å². The Morgan fingerprint density at radius 3 is 2.52 bits per heavy atom. The predicted octanol–water partition coefficient (Wildman–Crippen LogP) is 3.31. The molecule has 3 heterocycles. The highest BCUT2D eigenvalue weighted by molar-refractivity contribution is 5.98. The number of aromatic nitrogens is 3. The molecule has 0 atom stereocenters. The minimum atomic E-state index is -4.22. The second-order valence-electron chi connectivity index (χ2n) is 8.81. The van der Waals surface area contributed by atoms with Gasteiger partial charge in [0.05, 0.1) is 23.4 Å². The molecule has 2 fully saturated rings. The van der Waals surface area contributed by atoms with Crippen molar-refractivity contribution in [2.24, 2.45) is 11.1 Å². The summed E-state index contributed by atoms with van der Waals surface area (Å²) < 4.78 is 55.0. The Kier molecular flexibility index (Phi) is 5.78. The van der Waals surface area contributed by atoms with Crippen molar-refractivity contribution in [3.05, 3.63) is 36.0 Å². The van der Waals surface area contributed by atoms with Gasteiger partial charge in [-0.2, -0.15) is 27.9 Å². The van der Waals surface area contributed by atoms with Crippen molar-refractivity contribution in [2.75, 3.05) is 25.0 Å². The SMILES string of the molecule is N#CCC1(n2cc(C(N)=O)c(Nc3ccnc(F)c3)n2)CCN(CC2(C(F)(F)F)CC2)CC1. The lowest BCUT2D eigenvalue weighted by atomic mass is 9.84. The monoisotopic (exact) mass is 465 g/mol. The number of nitrogens with zero attached hydrogens (tertiary/aromatic N) is 5. The average molecular weight is 465 g/mol. The summed E-state index contributed by atoms with van der Waals surface area (Å²) in [4.78, 5) is 17.3. The number of nitrogens with one attached hydrogen (secondary N) is 1. The number of piperidine rings is 1. The molecule has 2 aliphatic rings. The number of hydrogen-bond acceptors (Lipinski definition) is 6. The Hall–Kier alpha value is -3.20. The first-order valence-corrected chi connectivity index (χ1v) is 10.5. The second-order valence-corrected chi connectivity index (χ2v) is 8.81. The van der Waals surface area contributed by atoms with Crippen molar-refractivity contribution in [3.8, 4) is 6.07 Å². The molecule has 0 aromatic carbocycles. The van der Waals surface area contributed by atoms with Crippen molar-refractivity contribution in [3.63, 3.8) is 0 Å². The molecule has 0 unspecified atom stereocenters. The highest BCUT2D eigenvalue weighted by Crippen LogP contribution is 2.58. The van der Waals surface area contributed by atoms with Gasteiger partial charge in [0.2, 0.25) is 5.95 Å². The number of carbonyl (C=O) groups is 1. The second kappa shape index (κ2) is 8.30. The van der Waals surface area contributed by atoms with Crippen LogP contribution in [0.3, 0.4) is 0 Å². The molecule has 8 nitrogen and oxygen atoms in total. The van der Waals surface area contributed by atoms with E-state index in [2.05, 4.69) is 21.5 Å². The molecule has 0 radical (unpaired) electrons. The van der Waals surface area contributed by atoms with Gasteiger partial charge >= 0.3 is 6.18 Å². The normalized spacial score (nSPS) is 19.6. The van der Waals surface area contributed by atoms with Crippen LogP contribution in [0.4, 0.5) is 29.1 Å². The topological polar surface area (TPSA) is 113 Å². The van der Waals surface area contributed by atoms with Crippen molar-refractivity contribution in [1.29, 1.82) is 5.26 Å². The van der Waals surface area contributed by atoms with E-state index >= 15 is 0 Å². The van der Waals surface area contributed by atoms with Crippen LogP contribution in [0.15, 0.2) is 24.5 Å². The van der Waals surface area contributed by atoms with E-state index in [1.165, 1.54) is 23.1 Å². The third-order valence-corrected chi connectivity index (χ3v) is 6.63. The third-order valence-electron chi connectivity index (χ3n) is 6.63. The standard InChI is InChI=1S/C21H23F4N7O/c22-16-11-14(1-8-28-16)29-18-15(17(27)33)12-32(30-18)20(4-7-26)5-9-31(10-6-20)13-19(2-3-19)21(23,24)25/h1,8,11-12H,2-6,9-10,13H2,(H2,27,33)(H,28,29,30). The molecular formula is C21H23F4N7O. The Labute approximate surface area is 187 Å². The van der Waals surface area contributed by atoms with Crippen LogP contribution in [0.1, 0.15) is 42.5 Å². The molecule has 1 aliphatic carbocycles. The largest absolute Gasteiger partial charge is 0.395 e. The van der Waals surface area contributed by atoms with Crippen LogP contribution >= 0.6 is 0 Å². The van der Waals surface area contributed by atoms with Crippen LogP contribution < -0.4 is 11.1 Å². The molecule has 1 saturated heterocycles. The number of primary amides is 1. The molecule has 2 aromatic rings. The van der Waals surface area contributed by atoms with E-state index in [-0.39, 0.29) is 37.2 Å². The molecule has 1 amide bonds. The molecule has 0 bridgehead atoms. The zero-order valence-corrected chi connectivity index (χ0v) is 17.7. The fraction of sp³-hybridized carbons (Fsp3) is 0.524. The number of hydrogen-bond donors (Lipinski definition) is 2. The molecule has 0 spiro atoms. The van der Waals surface area contributed by atoms with E-state index in [1.54, 1.807) is 4.90 Å². The number of likely N-dealkylation sites (tertiary alicyclic amines) is 1. The van der Waals surface area contributed by atoms with Crippen LogP contribution in [-0.4, -0.2) is 51.4 Å². The van der Waals surface area contributed by atoms with Gasteiger partial charge in [0, 0.05) is 43.8 Å². The fourth-order valence-corrected chi connectivity index (χ4v) is 4.38. The summed E-state index contributed by atoms with van der Waals surface area (Å²) in [5.74, 6) is -1.38. The van der Waals surface area contributed by atoms with Crippen molar-refractivity contribution in [1.82, 2.24) is 19.7 Å². The summed E-state index contributed by atoms with van der Waals surface area (Å²) in [7, 11) is 0. The van der Waals surface area contributed by atoms with E-state index in [0.29, 0.717) is 31.6 Å². The Balaban J connectivity index is 1.56. The quantitative estimate of drug-likeness (QED) is 0.479. The third kappa shape index (κ3) is 4.50. The van der Waals surface area contributed by atoms with E-state index < -0.39 is 29.0 Å². The molecular weight excluding hydrogens is 442 g/mol. The van der Waals surface area contributed by atoms with E-state index in [0.717, 1.165) is 6.07 Å². The van der Waals surface area contributed by atoms with Crippen LogP contribution in [0, 0.1) is 22.7 Å². The van der Waals surface area contributed by atoms with Gasteiger partial charge in [-0.25, -0.2) is 4.98 Å². The maximum absolute atomic E-state index is 13.4. The van der Waals surface area contributed by atoms with Gasteiger partial charge in [0.15, 0.2) is 5.82 Å². The number of halogens is 4. The van der Waals surface area contributed by atoms with Crippen molar-refractivity contribution in [2.45, 2.75) is 43.8 Å². The first kappa shape index (κ1) is 23.0. The summed E-state index contributed by atoms with van der Waals surface area (Å²) in [6.07, 6.45) is -0.417. The molecule has 3 N–H and O–H groups in total. The van der Waals surface area contributed by atoms with Crippen LogP contribution in [-0.2, 0) is 5.54 Å². The Morgan fingerprint density at radius 2 is 1.97 bits per heavy atom. The average Bonchev–Trinajstić information content (AvgIpc) is 3.41. The highest BCUT2D eigenvalue weighted by atomic mass is 19.4. The number of nitriles is 1. The lowest BCUT2D eigenvalue weighted by Crippen LogP contribution is -2.49. The molecule has 33 heavy (non-hydrogen) atoms. The highest BCUT2D eigenvalue weighted by Gasteiger charge is 2.63. The number of alkyl halides is 3. The van der Waals surface area contributed by atoms with Crippen molar-refractivity contribution < 1.29 is 22.4 Å². The maximum atomic E-state index is 13.4. The van der Waals surface area contributed by atoms with Crippen LogP contribution in [0.5, 0.6) is 0 Å². The summed E-state index contributed by atoms with van der Waals surface area (Å²) in [6.45, 7) is 0.679. The number of nitrogens with two attached hydrogens (primary N) is 1. The van der Waals surface area contributed by atoms with E-state index in [4.69, 9.17) is 5.73 Å². The van der Waals surface area contributed by atoms with Gasteiger partial charge in [-0.05, 0) is 31.7 Å². The van der Waals surface area contributed by atoms with Gasteiger partial charge < -0.3 is 16.0 Å². The lowest BCUT2D eigenvalue weighted by Gasteiger charge is -2.42. The number of anilines is 2. The summed E-state index contributed by atoms with van der Waals surface area (Å²) in [6, 6.07) is 4.76. The smallest absolute Gasteiger partial charge is 0.365 e. The fourth-order valence-electron chi connectivity index (χ4n) is 4.38. The molecule has 2 aromatic heterocycles. The van der Waals surface area contributed by atoms with Gasteiger partial charge in [0.1, 0.15) is 5.56 Å². The number of rotatable bonds is 7. The Bertz CT molecular complexity index is 1080. The van der Waals surface area contributed by atoms with Gasteiger partial charge in [-0.1, -0.05) is 0 Å². The summed E-state index contributed by atoms with van der Waals surface area (Å²) in [5, 5.41) is 16.7. The maximum Gasteiger partial charge on any atom is 0.395 e. The molecule has 1 aliphatic heterocycles. The molecule has 176 valence electrons. The predicted molar refractivity (Wildman–Crippen MR) is 110 cm³/mol. The number of amides is 1. The lowest BCUT2D eigenvalue weighted by molar-refractivity contribution is -0.193. The minimum absolute atomic E-state index is 0.0504. The zero-order valence-electron chi connectivity index (χ0n) is 17.7.